The van der Waals surface area contributed by atoms with Gasteiger partial charge in [0.15, 0.2) is 5.11 Å². The van der Waals surface area contributed by atoms with Crippen LogP contribution < -0.4 is 15.8 Å². The number of quaternary nitrogens is 1. The summed E-state index contributed by atoms with van der Waals surface area (Å²) in [5.41, 5.74) is 2.65. The quantitative estimate of drug-likeness (QED) is 0.445. The Morgan fingerprint density at radius 2 is 2.24 bits per heavy atom. The first-order chi connectivity index (χ1) is 13.9. The summed E-state index contributed by atoms with van der Waals surface area (Å²) >= 11 is 5.69. The number of hydrogen-bond donors (Lipinski definition) is 3. The van der Waals surface area contributed by atoms with Crippen molar-refractivity contribution in [1.82, 2.24) is 15.2 Å². The minimum absolute atomic E-state index is 0.0526. The number of para-hydroxylation sites is 1. The van der Waals surface area contributed by atoms with Gasteiger partial charge in [0, 0.05) is 31.7 Å². The minimum atomic E-state index is -0.0526. The summed E-state index contributed by atoms with van der Waals surface area (Å²) in [5.74, 6) is 0. The number of aromatic nitrogens is 1. The van der Waals surface area contributed by atoms with Crippen molar-refractivity contribution >= 4 is 28.2 Å². The van der Waals surface area contributed by atoms with Gasteiger partial charge >= 0.3 is 0 Å². The molecule has 2 aromatic rings. The lowest BCUT2D eigenvalue weighted by Crippen LogP contribution is -3.05. The van der Waals surface area contributed by atoms with Crippen LogP contribution in [-0.2, 0) is 11.3 Å². The molecule has 1 atom stereocenters. The van der Waals surface area contributed by atoms with Crippen molar-refractivity contribution in [2.75, 3.05) is 40.3 Å². The third-order valence-corrected chi connectivity index (χ3v) is 5.79. The second-order valence-corrected chi connectivity index (χ2v) is 8.61. The molecule has 0 bridgehead atoms. The summed E-state index contributed by atoms with van der Waals surface area (Å²) in [4.78, 5) is 19.3. The van der Waals surface area contributed by atoms with E-state index in [2.05, 4.69) is 29.3 Å². The molecule has 0 amide bonds. The van der Waals surface area contributed by atoms with Gasteiger partial charge in [0.05, 0.1) is 38.8 Å². The number of thiocarbonyl (C=S) groups is 1. The SMILES string of the molecule is Cc1cccc2cc(CN(C[C@H]3CCCO3)C(=S)NCCC[NH+](C)C)c(=O)[nH]c12. The Kier molecular flexibility index (Phi) is 7.64. The fourth-order valence-corrected chi connectivity index (χ4v) is 4.00. The number of nitrogens with zero attached hydrogens (tertiary/aromatic N) is 1. The molecule has 1 saturated heterocycles. The van der Waals surface area contributed by atoms with Crippen LogP contribution in [0.25, 0.3) is 10.9 Å². The van der Waals surface area contributed by atoms with E-state index >= 15 is 0 Å². The van der Waals surface area contributed by atoms with Gasteiger partial charge in [0.25, 0.3) is 5.56 Å². The molecule has 0 radical (unpaired) electrons. The molecule has 2 heterocycles. The molecule has 1 aliphatic rings. The molecule has 1 aromatic heterocycles. The highest BCUT2D eigenvalue weighted by atomic mass is 32.1. The molecule has 0 unspecified atom stereocenters. The number of fused-ring (bicyclic) bond motifs is 1. The molecule has 6 nitrogen and oxygen atoms in total. The van der Waals surface area contributed by atoms with E-state index in [1.165, 1.54) is 4.90 Å². The topological polar surface area (TPSA) is 61.8 Å². The molecule has 0 saturated carbocycles. The van der Waals surface area contributed by atoms with Crippen LogP contribution in [0.1, 0.15) is 30.4 Å². The first-order valence-electron chi connectivity index (χ1n) is 10.5. The maximum absolute atomic E-state index is 12.7. The van der Waals surface area contributed by atoms with Crippen molar-refractivity contribution in [3.8, 4) is 0 Å². The number of aryl methyl sites for hydroxylation is 1. The summed E-state index contributed by atoms with van der Waals surface area (Å²) in [7, 11) is 4.30. The van der Waals surface area contributed by atoms with Crippen molar-refractivity contribution in [3.63, 3.8) is 0 Å². The molecule has 1 aliphatic heterocycles. The zero-order valence-corrected chi connectivity index (χ0v) is 18.5. The van der Waals surface area contributed by atoms with Gasteiger partial charge in [-0.1, -0.05) is 18.2 Å². The Labute approximate surface area is 178 Å². The lowest BCUT2D eigenvalue weighted by Gasteiger charge is -2.28. The summed E-state index contributed by atoms with van der Waals surface area (Å²) in [6.07, 6.45) is 3.34. The van der Waals surface area contributed by atoms with Crippen LogP contribution in [0.3, 0.4) is 0 Å². The summed E-state index contributed by atoms with van der Waals surface area (Å²) < 4.78 is 5.83. The lowest BCUT2D eigenvalue weighted by atomic mass is 10.1. The lowest BCUT2D eigenvalue weighted by molar-refractivity contribution is -0.858. The van der Waals surface area contributed by atoms with Gasteiger partial charge in [0.1, 0.15) is 0 Å². The van der Waals surface area contributed by atoms with Gasteiger partial charge < -0.3 is 24.8 Å². The molecule has 3 N–H and O–H groups in total. The highest BCUT2D eigenvalue weighted by molar-refractivity contribution is 7.80. The largest absolute Gasteiger partial charge is 0.376 e. The van der Waals surface area contributed by atoms with Gasteiger partial charge in [-0.15, -0.1) is 0 Å². The highest BCUT2D eigenvalue weighted by Gasteiger charge is 2.22. The smallest absolute Gasteiger partial charge is 0.253 e. The van der Waals surface area contributed by atoms with Gasteiger partial charge in [-0.25, -0.2) is 0 Å². The fourth-order valence-electron chi connectivity index (χ4n) is 3.75. The molecule has 7 heteroatoms. The van der Waals surface area contributed by atoms with E-state index < -0.39 is 0 Å². The zero-order chi connectivity index (χ0) is 20.8. The second kappa shape index (κ2) is 10.2. The number of hydrogen-bond acceptors (Lipinski definition) is 3. The van der Waals surface area contributed by atoms with Gasteiger partial charge in [-0.3, -0.25) is 4.79 Å². The Balaban J connectivity index is 1.75. The number of nitrogens with one attached hydrogen (secondary N) is 3. The number of rotatable bonds is 8. The van der Waals surface area contributed by atoms with Crippen molar-refractivity contribution in [1.29, 1.82) is 0 Å². The summed E-state index contributed by atoms with van der Waals surface area (Å²) in [6.45, 7) is 5.92. The molecular formula is C22H33N4O2S+. The molecule has 3 rings (SSSR count). The maximum atomic E-state index is 12.7. The molecule has 0 spiro atoms. The van der Waals surface area contributed by atoms with Crippen molar-refractivity contribution < 1.29 is 9.64 Å². The summed E-state index contributed by atoms with van der Waals surface area (Å²) in [5, 5.41) is 5.11. The number of H-pyrrole nitrogens is 1. The number of benzene rings is 1. The van der Waals surface area contributed by atoms with Gasteiger partial charge in [-0.2, -0.15) is 0 Å². The average molecular weight is 418 g/mol. The van der Waals surface area contributed by atoms with Gasteiger partial charge in [0.2, 0.25) is 0 Å². The van der Waals surface area contributed by atoms with E-state index in [-0.39, 0.29) is 11.7 Å². The Bertz CT molecular complexity index is 890. The maximum Gasteiger partial charge on any atom is 0.253 e. The van der Waals surface area contributed by atoms with Crippen LogP contribution in [-0.4, -0.2) is 61.4 Å². The predicted molar refractivity (Wildman–Crippen MR) is 122 cm³/mol. The number of pyridine rings is 1. The Morgan fingerprint density at radius 3 is 2.97 bits per heavy atom. The third-order valence-electron chi connectivity index (χ3n) is 5.39. The average Bonchev–Trinajstić information content (AvgIpc) is 3.19. The van der Waals surface area contributed by atoms with Crippen LogP contribution in [0.5, 0.6) is 0 Å². The second-order valence-electron chi connectivity index (χ2n) is 8.22. The van der Waals surface area contributed by atoms with Crippen LogP contribution in [0.4, 0.5) is 0 Å². The van der Waals surface area contributed by atoms with Crippen molar-refractivity contribution in [3.05, 3.63) is 45.7 Å². The molecular weight excluding hydrogens is 384 g/mol. The molecule has 1 fully saturated rings. The van der Waals surface area contributed by atoms with Crippen molar-refractivity contribution in [2.24, 2.45) is 0 Å². The summed E-state index contributed by atoms with van der Waals surface area (Å²) in [6, 6.07) is 8.05. The molecule has 158 valence electrons. The first-order valence-corrected chi connectivity index (χ1v) is 10.9. The van der Waals surface area contributed by atoms with Crippen molar-refractivity contribution in [2.45, 2.75) is 38.8 Å². The van der Waals surface area contributed by atoms with Crippen LogP contribution in [0.15, 0.2) is 29.1 Å². The van der Waals surface area contributed by atoms with E-state index in [4.69, 9.17) is 17.0 Å². The molecule has 1 aromatic carbocycles. The predicted octanol–water partition coefficient (Wildman–Crippen LogP) is 1.23. The fraction of sp³-hybridized carbons (Fsp3) is 0.545. The van der Waals surface area contributed by atoms with E-state index in [9.17, 15) is 4.79 Å². The standard InChI is InChI=1S/C22H32N4O2S/c1-16-7-4-8-17-13-18(21(27)24-20(16)17)14-26(15-19-9-5-12-28-19)22(29)23-10-6-11-25(2)3/h4,7-8,13,19H,5-6,9-12,14-15H2,1-3H3,(H,23,29)(H,24,27)/p+1/t19-/m1/s1. The van der Waals surface area contributed by atoms with Crippen LogP contribution in [0.2, 0.25) is 0 Å². The zero-order valence-electron chi connectivity index (χ0n) is 17.7. The number of aromatic amines is 1. The van der Waals surface area contributed by atoms with Crippen LogP contribution in [0, 0.1) is 6.92 Å². The number of ether oxygens (including phenoxy) is 1. The van der Waals surface area contributed by atoms with Crippen LogP contribution >= 0.6 is 12.2 Å². The Hall–Kier alpha value is -1.96. The van der Waals surface area contributed by atoms with E-state index in [0.717, 1.165) is 61.0 Å². The van der Waals surface area contributed by atoms with E-state index in [1.807, 2.05) is 31.2 Å². The Morgan fingerprint density at radius 1 is 1.41 bits per heavy atom. The monoisotopic (exact) mass is 417 g/mol. The van der Waals surface area contributed by atoms with E-state index in [1.54, 1.807) is 0 Å². The third kappa shape index (κ3) is 6.01. The minimum Gasteiger partial charge on any atom is -0.376 e. The highest BCUT2D eigenvalue weighted by Crippen LogP contribution is 2.18. The molecule has 29 heavy (non-hydrogen) atoms. The van der Waals surface area contributed by atoms with Gasteiger partial charge in [-0.05, 0) is 49.0 Å². The van der Waals surface area contributed by atoms with E-state index in [0.29, 0.717) is 18.2 Å². The first kappa shape index (κ1) is 21.7. The molecule has 0 aliphatic carbocycles. The normalized spacial score (nSPS) is 16.5.